The van der Waals surface area contributed by atoms with Gasteiger partial charge in [0.2, 0.25) is 0 Å². The molecule has 1 N–H and O–H groups in total. The number of likely N-dealkylation sites (tertiary alicyclic amines) is 1. The zero-order chi connectivity index (χ0) is 17.3. The van der Waals surface area contributed by atoms with Gasteiger partial charge in [0.05, 0.1) is 0 Å². The van der Waals surface area contributed by atoms with Crippen molar-refractivity contribution in [3.8, 4) is 0 Å². The molecule has 1 aromatic carbocycles. The Balaban J connectivity index is 1.78. The van der Waals surface area contributed by atoms with Crippen molar-refractivity contribution in [3.63, 3.8) is 0 Å². The van der Waals surface area contributed by atoms with E-state index in [1.54, 1.807) is 4.90 Å². The summed E-state index contributed by atoms with van der Waals surface area (Å²) in [5.74, 6) is 0.0863. The molecule has 0 spiro atoms. The van der Waals surface area contributed by atoms with E-state index in [9.17, 15) is 9.59 Å². The van der Waals surface area contributed by atoms with Gasteiger partial charge < -0.3 is 10.2 Å². The molecular formula is C19H27N3O2. The van der Waals surface area contributed by atoms with E-state index in [-0.39, 0.29) is 17.4 Å². The lowest BCUT2D eigenvalue weighted by atomic mass is 9.87. The number of amides is 3. The number of nitrogens with one attached hydrogen (secondary N) is 1. The van der Waals surface area contributed by atoms with Crippen LogP contribution in [0.1, 0.15) is 50.4 Å². The molecule has 2 aliphatic rings. The monoisotopic (exact) mass is 329 g/mol. The molecule has 130 valence electrons. The topological polar surface area (TPSA) is 52.7 Å². The number of anilines is 1. The van der Waals surface area contributed by atoms with Crippen molar-refractivity contribution >= 4 is 17.6 Å². The molecule has 2 heterocycles. The molecule has 24 heavy (non-hydrogen) atoms. The number of carbonyl (C=O) groups is 2. The third kappa shape index (κ3) is 3.55. The smallest absolute Gasteiger partial charge is 0.321 e. The Bertz CT molecular complexity index is 636. The van der Waals surface area contributed by atoms with Gasteiger partial charge in [-0.3, -0.25) is 9.69 Å². The maximum Gasteiger partial charge on any atom is 0.321 e. The van der Waals surface area contributed by atoms with Crippen molar-refractivity contribution in [2.75, 3.05) is 24.5 Å². The molecule has 3 amide bonds. The molecule has 1 atom stereocenters. The van der Waals surface area contributed by atoms with E-state index in [1.807, 2.05) is 29.2 Å². The highest BCUT2D eigenvalue weighted by Crippen LogP contribution is 2.31. The molecule has 0 unspecified atom stereocenters. The molecule has 5 nitrogen and oxygen atoms in total. The van der Waals surface area contributed by atoms with Gasteiger partial charge in [-0.05, 0) is 42.9 Å². The van der Waals surface area contributed by atoms with Crippen molar-refractivity contribution in [1.29, 1.82) is 0 Å². The Morgan fingerprint density at radius 1 is 1.29 bits per heavy atom. The summed E-state index contributed by atoms with van der Waals surface area (Å²) in [6.45, 7) is 8.79. The summed E-state index contributed by atoms with van der Waals surface area (Å²) in [6.07, 6.45) is 3.17. The third-order valence-corrected chi connectivity index (χ3v) is 4.75. The first-order valence-electron chi connectivity index (χ1n) is 8.81. The maximum absolute atomic E-state index is 13.0. The minimum Gasteiger partial charge on any atom is -0.336 e. The van der Waals surface area contributed by atoms with Crippen molar-refractivity contribution in [2.45, 2.75) is 46.1 Å². The zero-order valence-corrected chi connectivity index (χ0v) is 14.8. The van der Waals surface area contributed by atoms with Crippen molar-refractivity contribution < 1.29 is 9.59 Å². The van der Waals surface area contributed by atoms with Crippen LogP contribution in [-0.4, -0.2) is 42.5 Å². The van der Waals surface area contributed by atoms with Gasteiger partial charge in [-0.1, -0.05) is 26.8 Å². The zero-order valence-electron chi connectivity index (χ0n) is 14.8. The fourth-order valence-corrected chi connectivity index (χ4v) is 3.71. The van der Waals surface area contributed by atoms with E-state index in [1.165, 1.54) is 0 Å². The van der Waals surface area contributed by atoms with E-state index in [0.717, 1.165) is 31.5 Å². The van der Waals surface area contributed by atoms with E-state index in [0.29, 0.717) is 24.7 Å². The third-order valence-electron chi connectivity index (χ3n) is 4.75. The second kappa shape index (κ2) is 6.46. The van der Waals surface area contributed by atoms with Crippen LogP contribution in [0.5, 0.6) is 0 Å². The van der Waals surface area contributed by atoms with Gasteiger partial charge in [0.25, 0.3) is 5.91 Å². The molecule has 0 radical (unpaired) electrons. The van der Waals surface area contributed by atoms with Crippen LogP contribution in [-0.2, 0) is 0 Å². The van der Waals surface area contributed by atoms with Gasteiger partial charge in [0.15, 0.2) is 0 Å². The molecule has 2 saturated heterocycles. The largest absolute Gasteiger partial charge is 0.336 e. The van der Waals surface area contributed by atoms with Crippen LogP contribution in [0.4, 0.5) is 10.5 Å². The summed E-state index contributed by atoms with van der Waals surface area (Å²) in [4.78, 5) is 28.5. The Morgan fingerprint density at radius 3 is 2.75 bits per heavy atom. The fraction of sp³-hybridized carbons (Fsp3) is 0.579. The lowest BCUT2D eigenvalue weighted by Crippen LogP contribution is -2.37. The van der Waals surface area contributed by atoms with Gasteiger partial charge in [0.1, 0.15) is 0 Å². The first-order valence-corrected chi connectivity index (χ1v) is 8.81. The number of urea groups is 1. The lowest BCUT2D eigenvalue weighted by molar-refractivity contribution is 0.0704. The van der Waals surface area contributed by atoms with Crippen LogP contribution in [0, 0.1) is 5.41 Å². The summed E-state index contributed by atoms with van der Waals surface area (Å²) in [7, 11) is 0. The predicted molar refractivity (Wildman–Crippen MR) is 95.3 cm³/mol. The summed E-state index contributed by atoms with van der Waals surface area (Å²) in [6, 6.07) is 7.68. The van der Waals surface area contributed by atoms with Gasteiger partial charge >= 0.3 is 6.03 Å². The van der Waals surface area contributed by atoms with Crippen molar-refractivity contribution in [3.05, 3.63) is 29.8 Å². The van der Waals surface area contributed by atoms with Crippen LogP contribution in [0.25, 0.3) is 0 Å². The number of rotatable bonds is 3. The SMILES string of the molecule is CC(C)(C)C[C@H]1CCCN1C(=O)c1cccc(N2CCNC2=O)c1. The highest BCUT2D eigenvalue weighted by atomic mass is 16.2. The minimum atomic E-state index is -0.0913. The van der Waals surface area contributed by atoms with Gasteiger partial charge in [0, 0.05) is 36.9 Å². The Morgan fingerprint density at radius 2 is 2.08 bits per heavy atom. The molecule has 0 aliphatic carbocycles. The first kappa shape index (κ1) is 16.8. The van der Waals surface area contributed by atoms with Gasteiger partial charge in [-0.2, -0.15) is 0 Å². The van der Waals surface area contributed by atoms with Crippen molar-refractivity contribution in [2.24, 2.45) is 5.41 Å². The second-order valence-corrected chi connectivity index (χ2v) is 7.99. The summed E-state index contributed by atoms with van der Waals surface area (Å²) >= 11 is 0. The Hall–Kier alpha value is -2.04. The number of hydrogen-bond donors (Lipinski definition) is 1. The molecule has 3 rings (SSSR count). The number of benzene rings is 1. The predicted octanol–water partition coefficient (Wildman–Crippen LogP) is 3.26. The highest BCUT2D eigenvalue weighted by Gasteiger charge is 2.32. The summed E-state index contributed by atoms with van der Waals surface area (Å²) in [5.41, 5.74) is 1.68. The molecule has 0 bridgehead atoms. The van der Waals surface area contributed by atoms with Crippen molar-refractivity contribution in [1.82, 2.24) is 10.2 Å². The first-order chi connectivity index (χ1) is 11.3. The number of nitrogens with zero attached hydrogens (tertiary/aromatic N) is 2. The van der Waals surface area contributed by atoms with Gasteiger partial charge in [-0.25, -0.2) is 4.79 Å². The standard InChI is InChI=1S/C19H27N3O2/c1-19(2,3)13-16-8-5-10-21(16)17(23)14-6-4-7-15(12-14)22-11-9-20-18(22)24/h4,6-7,12,16H,5,8-11,13H2,1-3H3,(H,20,24)/t16-/m1/s1. The molecular weight excluding hydrogens is 302 g/mol. The lowest BCUT2D eigenvalue weighted by Gasteiger charge is -2.30. The van der Waals surface area contributed by atoms with E-state index < -0.39 is 0 Å². The molecule has 0 aromatic heterocycles. The van der Waals surface area contributed by atoms with Crippen LogP contribution >= 0.6 is 0 Å². The summed E-state index contributed by atoms with van der Waals surface area (Å²) in [5, 5.41) is 2.80. The molecule has 5 heteroatoms. The highest BCUT2D eigenvalue weighted by molar-refractivity contribution is 5.98. The van der Waals surface area contributed by atoms with Gasteiger partial charge in [-0.15, -0.1) is 0 Å². The Labute approximate surface area is 144 Å². The minimum absolute atomic E-state index is 0.0863. The van der Waals surface area contributed by atoms with E-state index in [2.05, 4.69) is 26.1 Å². The van der Waals surface area contributed by atoms with E-state index in [4.69, 9.17) is 0 Å². The number of carbonyl (C=O) groups excluding carboxylic acids is 2. The molecule has 2 aliphatic heterocycles. The van der Waals surface area contributed by atoms with Crippen LogP contribution < -0.4 is 10.2 Å². The van der Waals surface area contributed by atoms with Crippen LogP contribution in [0.2, 0.25) is 0 Å². The van der Waals surface area contributed by atoms with Crippen LogP contribution in [0.15, 0.2) is 24.3 Å². The molecule has 2 fully saturated rings. The Kier molecular flexibility index (Phi) is 4.52. The maximum atomic E-state index is 13.0. The van der Waals surface area contributed by atoms with E-state index >= 15 is 0 Å². The average molecular weight is 329 g/mol. The normalized spacial score (nSPS) is 21.3. The van der Waals surface area contributed by atoms with Crippen LogP contribution in [0.3, 0.4) is 0 Å². The number of hydrogen-bond acceptors (Lipinski definition) is 2. The second-order valence-electron chi connectivity index (χ2n) is 7.99. The average Bonchev–Trinajstić information content (AvgIpc) is 3.14. The fourth-order valence-electron chi connectivity index (χ4n) is 3.71. The molecule has 0 saturated carbocycles. The quantitative estimate of drug-likeness (QED) is 0.925. The summed E-state index contributed by atoms with van der Waals surface area (Å²) < 4.78 is 0. The molecule has 1 aromatic rings.